The average Bonchev–Trinajstić information content (AvgIpc) is 2.74. The molecule has 15 heavy (non-hydrogen) atoms. The van der Waals surface area contributed by atoms with Gasteiger partial charge in [-0.3, -0.25) is 0 Å². The molecule has 2 rings (SSSR count). The molecule has 0 radical (unpaired) electrons. The molecule has 2 heteroatoms. The first-order valence-corrected chi connectivity index (χ1v) is 5.83. The van der Waals surface area contributed by atoms with Crippen LogP contribution in [0.4, 0.5) is 5.69 Å². The van der Waals surface area contributed by atoms with Crippen molar-refractivity contribution < 1.29 is 4.74 Å². The first kappa shape index (κ1) is 10.3. The summed E-state index contributed by atoms with van der Waals surface area (Å²) in [6.07, 6.45) is 6.74. The van der Waals surface area contributed by atoms with Gasteiger partial charge in [-0.2, -0.15) is 0 Å². The van der Waals surface area contributed by atoms with Gasteiger partial charge in [0.1, 0.15) is 5.75 Å². The highest BCUT2D eigenvalue weighted by Gasteiger charge is 2.14. The lowest BCUT2D eigenvalue weighted by Gasteiger charge is -2.11. The zero-order chi connectivity index (χ0) is 10.5. The number of nitrogens with two attached hydrogens (primary N) is 1. The predicted octanol–water partition coefficient (Wildman–Crippen LogP) is 3.23. The maximum atomic E-state index is 5.79. The van der Waals surface area contributed by atoms with Crippen molar-refractivity contribution in [3.8, 4) is 5.75 Å². The third kappa shape index (κ3) is 2.88. The first-order chi connectivity index (χ1) is 7.36. The molecular formula is C13H19NO. The van der Waals surface area contributed by atoms with E-state index < -0.39 is 0 Å². The molecule has 0 heterocycles. The molecule has 0 aliphatic heterocycles. The van der Waals surface area contributed by atoms with Crippen molar-refractivity contribution in [2.75, 3.05) is 12.3 Å². The lowest BCUT2D eigenvalue weighted by Crippen LogP contribution is -2.05. The molecule has 2 nitrogen and oxygen atoms in total. The van der Waals surface area contributed by atoms with Gasteiger partial charge in [0.25, 0.3) is 0 Å². The van der Waals surface area contributed by atoms with Gasteiger partial charge < -0.3 is 10.5 Å². The normalized spacial score (nSPS) is 16.8. The summed E-state index contributed by atoms with van der Waals surface area (Å²) in [5, 5.41) is 0. The molecule has 1 aliphatic carbocycles. The van der Waals surface area contributed by atoms with Gasteiger partial charge in [-0.25, -0.2) is 0 Å². The lowest BCUT2D eigenvalue weighted by molar-refractivity contribution is 0.280. The largest absolute Gasteiger partial charge is 0.491 e. The van der Waals surface area contributed by atoms with E-state index in [0.717, 1.165) is 24.0 Å². The van der Waals surface area contributed by atoms with Gasteiger partial charge >= 0.3 is 0 Å². The number of benzene rings is 1. The minimum atomic E-state index is 0.740. The molecule has 1 aliphatic rings. The molecule has 0 unspecified atom stereocenters. The van der Waals surface area contributed by atoms with E-state index in [0.29, 0.717) is 0 Å². The average molecular weight is 205 g/mol. The monoisotopic (exact) mass is 205 g/mol. The summed E-state index contributed by atoms with van der Waals surface area (Å²) in [5.41, 5.74) is 6.53. The molecule has 1 aromatic carbocycles. The Kier molecular flexibility index (Phi) is 3.49. The summed E-state index contributed by atoms with van der Waals surface area (Å²) in [7, 11) is 0. The van der Waals surface area contributed by atoms with E-state index >= 15 is 0 Å². The molecule has 0 bridgehead atoms. The molecule has 0 spiro atoms. The number of hydrogen-bond donors (Lipinski definition) is 1. The summed E-state index contributed by atoms with van der Waals surface area (Å²) >= 11 is 0. The van der Waals surface area contributed by atoms with Crippen LogP contribution in [0.5, 0.6) is 5.75 Å². The van der Waals surface area contributed by atoms with Gasteiger partial charge in [0.15, 0.2) is 0 Å². The summed E-state index contributed by atoms with van der Waals surface area (Å²) < 4.78 is 5.67. The van der Waals surface area contributed by atoms with Crippen molar-refractivity contribution in [3.63, 3.8) is 0 Å². The van der Waals surface area contributed by atoms with Crippen LogP contribution in [0.15, 0.2) is 24.3 Å². The molecule has 2 N–H and O–H groups in total. The Morgan fingerprint density at radius 3 is 2.67 bits per heavy atom. The number of nitrogen functional groups attached to an aromatic ring is 1. The van der Waals surface area contributed by atoms with Gasteiger partial charge in [0, 0.05) is 0 Å². The quantitative estimate of drug-likeness (QED) is 0.766. The van der Waals surface area contributed by atoms with E-state index in [1.807, 2.05) is 24.3 Å². The maximum Gasteiger partial charge on any atom is 0.142 e. The van der Waals surface area contributed by atoms with E-state index in [9.17, 15) is 0 Å². The van der Waals surface area contributed by atoms with E-state index in [-0.39, 0.29) is 0 Å². The van der Waals surface area contributed by atoms with Crippen molar-refractivity contribution in [3.05, 3.63) is 24.3 Å². The molecule has 82 valence electrons. The number of hydrogen-bond acceptors (Lipinski definition) is 2. The van der Waals surface area contributed by atoms with Crippen LogP contribution < -0.4 is 10.5 Å². The minimum Gasteiger partial charge on any atom is -0.491 e. The molecule has 0 amide bonds. The Bertz CT molecular complexity index is 305. The molecule has 1 fully saturated rings. The molecular weight excluding hydrogens is 186 g/mol. The van der Waals surface area contributed by atoms with Crippen molar-refractivity contribution in [1.82, 2.24) is 0 Å². The number of para-hydroxylation sites is 2. The summed E-state index contributed by atoms with van der Waals surface area (Å²) in [6.45, 7) is 0.804. The second kappa shape index (κ2) is 5.06. The molecule has 0 aromatic heterocycles. The van der Waals surface area contributed by atoms with Crippen molar-refractivity contribution in [1.29, 1.82) is 0 Å². The standard InChI is InChI=1S/C13H19NO/c14-12-7-3-4-8-13(12)15-10-9-11-5-1-2-6-11/h3-4,7-8,11H,1-2,5-6,9-10,14H2. The minimum absolute atomic E-state index is 0.740. The highest BCUT2D eigenvalue weighted by atomic mass is 16.5. The summed E-state index contributed by atoms with van der Waals surface area (Å²) in [6, 6.07) is 7.70. The van der Waals surface area contributed by atoms with Gasteiger partial charge in [0.2, 0.25) is 0 Å². The van der Waals surface area contributed by atoms with Crippen molar-refractivity contribution in [2.45, 2.75) is 32.1 Å². The van der Waals surface area contributed by atoms with Crippen LogP contribution in [-0.4, -0.2) is 6.61 Å². The summed E-state index contributed by atoms with van der Waals surface area (Å²) in [5.74, 6) is 1.71. The lowest BCUT2D eigenvalue weighted by atomic mass is 10.1. The third-order valence-corrected chi connectivity index (χ3v) is 3.18. The number of rotatable bonds is 4. The Balaban J connectivity index is 1.75. The van der Waals surface area contributed by atoms with E-state index in [1.54, 1.807) is 0 Å². The van der Waals surface area contributed by atoms with Crippen LogP contribution in [0.1, 0.15) is 32.1 Å². The Morgan fingerprint density at radius 1 is 1.20 bits per heavy atom. The smallest absolute Gasteiger partial charge is 0.142 e. The number of ether oxygens (including phenoxy) is 1. The fourth-order valence-electron chi connectivity index (χ4n) is 2.25. The molecule has 0 saturated heterocycles. The molecule has 0 atom stereocenters. The van der Waals surface area contributed by atoms with Gasteiger partial charge in [-0.05, 0) is 24.5 Å². The zero-order valence-corrected chi connectivity index (χ0v) is 9.11. The van der Waals surface area contributed by atoms with Gasteiger partial charge in [-0.15, -0.1) is 0 Å². The molecule has 1 saturated carbocycles. The van der Waals surface area contributed by atoms with E-state index in [2.05, 4.69) is 0 Å². The highest BCUT2D eigenvalue weighted by Crippen LogP contribution is 2.28. The fraction of sp³-hybridized carbons (Fsp3) is 0.538. The third-order valence-electron chi connectivity index (χ3n) is 3.18. The van der Waals surface area contributed by atoms with E-state index in [4.69, 9.17) is 10.5 Å². The van der Waals surface area contributed by atoms with Crippen LogP contribution in [0, 0.1) is 5.92 Å². The highest BCUT2D eigenvalue weighted by molar-refractivity contribution is 5.51. The summed E-state index contributed by atoms with van der Waals surface area (Å²) in [4.78, 5) is 0. The number of anilines is 1. The van der Waals surface area contributed by atoms with E-state index in [1.165, 1.54) is 32.1 Å². The van der Waals surface area contributed by atoms with Crippen molar-refractivity contribution in [2.24, 2.45) is 5.92 Å². The zero-order valence-electron chi connectivity index (χ0n) is 9.11. The second-order valence-corrected chi connectivity index (χ2v) is 4.33. The Labute approximate surface area is 91.4 Å². The topological polar surface area (TPSA) is 35.2 Å². The second-order valence-electron chi connectivity index (χ2n) is 4.33. The van der Waals surface area contributed by atoms with Gasteiger partial charge in [0.05, 0.1) is 12.3 Å². The van der Waals surface area contributed by atoms with Crippen molar-refractivity contribution >= 4 is 5.69 Å². The first-order valence-electron chi connectivity index (χ1n) is 5.83. The van der Waals surface area contributed by atoms with Crippen LogP contribution >= 0.6 is 0 Å². The maximum absolute atomic E-state index is 5.79. The van der Waals surface area contributed by atoms with Crippen LogP contribution in [0.2, 0.25) is 0 Å². The SMILES string of the molecule is Nc1ccccc1OCCC1CCCC1. The van der Waals surface area contributed by atoms with Crippen LogP contribution in [-0.2, 0) is 0 Å². The van der Waals surface area contributed by atoms with Crippen LogP contribution in [0.25, 0.3) is 0 Å². The fourth-order valence-corrected chi connectivity index (χ4v) is 2.25. The van der Waals surface area contributed by atoms with Gasteiger partial charge in [-0.1, -0.05) is 37.8 Å². The predicted molar refractivity (Wildman–Crippen MR) is 62.9 cm³/mol. The van der Waals surface area contributed by atoms with Crippen LogP contribution in [0.3, 0.4) is 0 Å². The Morgan fingerprint density at radius 2 is 1.93 bits per heavy atom. The Hall–Kier alpha value is -1.18. The molecule has 1 aromatic rings.